The quantitative estimate of drug-likeness (QED) is 0.750. The SMILES string of the molecule is CNC(O)COc1ccc(Cl)c(C)c1. The number of aliphatic hydroxyl groups is 1. The van der Waals surface area contributed by atoms with Gasteiger partial charge in [-0.3, -0.25) is 5.32 Å². The smallest absolute Gasteiger partial charge is 0.139 e. The third-order valence-electron chi connectivity index (χ3n) is 1.87. The fourth-order valence-corrected chi connectivity index (χ4v) is 1.08. The van der Waals surface area contributed by atoms with Crippen molar-refractivity contribution in [1.82, 2.24) is 5.32 Å². The van der Waals surface area contributed by atoms with Crippen LogP contribution >= 0.6 is 11.6 Å². The number of aliphatic hydroxyl groups excluding tert-OH is 1. The number of ether oxygens (including phenoxy) is 1. The second-order valence-corrected chi connectivity index (χ2v) is 3.43. The van der Waals surface area contributed by atoms with Crippen LogP contribution in [0.4, 0.5) is 0 Å². The van der Waals surface area contributed by atoms with E-state index < -0.39 is 6.23 Å². The van der Waals surface area contributed by atoms with Gasteiger partial charge in [-0.1, -0.05) is 11.6 Å². The van der Waals surface area contributed by atoms with Gasteiger partial charge < -0.3 is 9.84 Å². The second kappa shape index (κ2) is 5.20. The highest BCUT2D eigenvalue weighted by Crippen LogP contribution is 2.20. The van der Waals surface area contributed by atoms with Crippen LogP contribution in [0.25, 0.3) is 0 Å². The van der Waals surface area contributed by atoms with E-state index in [0.717, 1.165) is 5.56 Å². The first-order valence-corrected chi connectivity index (χ1v) is 4.75. The summed E-state index contributed by atoms with van der Waals surface area (Å²) >= 11 is 5.85. The number of aryl methyl sites for hydroxylation is 1. The molecule has 14 heavy (non-hydrogen) atoms. The van der Waals surface area contributed by atoms with Crippen LogP contribution in [0.5, 0.6) is 5.75 Å². The fourth-order valence-electron chi connectivity index (χ4n) is 0.965. The topological polar surface area (TPSA) is 41.5 Å². The van der Waals surface area contributed by atoms with Crippen LogP contribution in [0.1, 0.15) is 5.56 Å². The van der Waals surface area contributed by atoms with E-state index in [4.69, 9.17) is 16.3 Å². The first kappa shape index (κ1) is 11.3. The highest BCUT2D eigenvalue weighted by molar-refractivity contribution is 6.31. The highest BCUT2D eigenvalue weighted by Gasteiger charge is 2.02. The maximum atomic E-state index is 9.18. The zero-order chi connectivity index (χ0) is 10.6. The first-order valence-electron chi connectivity index (χ1n) is 4.37. The van der Waals surface area contributed by atoms with Crippen LogP contribution in [-0.2, 0) is 0 Å². The molecule has 1 rings (SSSR count). The van der Waals surface area contributed by atoms with Gasteiger partial charge in [0, 0.05) is 5.02 Å². The van der Waals surface area contributed by atoms with Crippen LogP contribution < -0.4 is 10.1 Å². The molecule has 0 aliphatic heterocycles. The molecule has 0 spiro atoms. The maximum absolute atomic E-state index is 9.18. The molecule has 0 aromatic heterocycles. The highest BCUT2D eigenvalue weighted by atomic mass is 35.5. The molecule has 0 saturated heterocycles. The van der Waals surface area contributed by atoms with Gasteiger partial charge in [-0.15, -0.1) is 0 Å². The Morgan fingerprint density at radius 2 is 2.29 bits per heavy atom. The standard InChI is InChI=1S/C10H14ClNO2/c1-7-5-8(3-4-9(7)11)14-6-10(13)12-2/h3-5,10,12-13H,6H2,1-2H3. The molecule has 2 N–H and O–H groups in total. The summed E-state index contributed by atoms with van der Waals surface area (Å²) in [5.74, 6) is 0.709. The van der Waals surface area contributed by atoms with E-state index in [1.54, 1.807) is 19.2 Å². The molecule has 0 heterocycles. The third-order valence-corrected chi connectivity index (χ3v) is 2.29. The van der Waals surface area contributed by atoms with E-state index in [1.165, 1.54) is 0 Å². The molecule has 1 aromatic carbocycles. The van der Waals surface area contributed by atoms with Gasteiger partial charge in [-0.05, 0) is 37.7 Å². The summed E-state index contributed by atoms with van der Waals surface area (Å²) in [6.07, 6.45) is -0.647. The summed E-state index contributed by atoms with van der Waals surface area (Å²) in [4.78, 5) is 0. The molecule has 0 bridgehead atoms. The van der Waals surface area contributed by atoms with Gasteiger partial charge >= 0.3 is 0 Å². The fraction of sp³-hybridized carbons (Fsp3) is 0.400. The number of benzene rings is 1. The molecule has 4 heteroatoms. The molecule has 0 radical (unpaired) electrons. The molecule has 1 unspecified atom stereocenters. The summed E-state index contributed by atoms with van der Waals surface area (Å²) in [5, 5.41) is 12.6. The molecule has 1 atom stereocenters. The number of hydrogen-bond acceptors (Lipinski definition) is 3. The molecule has 0 aliphatic rings. The minimum atomic E-state index is -0.647. The lowest BCUT2D eigenvalue weighted by Gasteiger charge is -2.11. The Bertz CT molecular complexity index is 304. The predicted octanol–water partition coefficient (Wildman–Crippen LogP) is 1.57. The number of likely N-dealkylation sites (N-methyl/N-ethyl adjacent to an activating group) is 1. The molecule has 0 saturated carbocycles. The Hall–Kier alpha value is -0.770. The zero-order valence-corrected chi connectivity index (χ0v) is 9.01. The van der Waals surface area contributed by atoms with E-state index >= 15 is 0 Å². The summed E-state index contributed by atoms with van der Waals surface area (Å²) in [6, 6.07) is 5.39. The predicted molar refractivity (Wildman–Crippen MR) is 56.8 cm³/mol. The Kier molecular flexibility index (Phi) is 4.20. The van der Waals surface area contributed by atoms with Gasteiger partial charge in [-0.25, -0.2) is 0 Å². The number of halogens is 1. The zero-order valence-electron chi connectivity index (χ0n) is 8.25. The van der Waals surface area contributed by atoms with Crippen molar-refractivity contribution in [1.29, 1.82) is 0 Å². The summed E-state index contributed by atoms with van der Waals surface area (Å²) < 4.78 is 5.32. The summed E-state index contributed by atoms with van der Waals surface area (Å²) in [7, 11) is 1.67. The van der Waals surface area contributed by atoms with Crippen LogP contribution in [0.3, 0.4) is 0 Å². The van der Waals surface area contributed by atoms with Crippen molar-refractivity contribution in [2.75, 3.05) is 13.7 Å². The van der Waals surface area contributed by atoms with Gasteiger partial charge in [0.1, 0.15) is 18.6 Å². The average Bonchev–Trinajstić information content (AvgIpc) is 2.19. The Morgan fingerprint density at radius 3 is 2.86 bits per heavy atom. The molecular formula is C10H14ClNO2. The Balaban J connectivity index is 2.55. The second-order valence-electron chi connectivity index (χ2n) is 3.03. The minimum Gasteiger partial charge on any atom is -0.489 e. The monoisotopic (exact) mass is 215 g/mol. The maximum Gasteiger partial charge on any atom is 0.139 e. The van der Waals surface area contributed by atoms with Crippen molar-refractivity contribution < 1.29 is 9.84 Å². The van der Waals surface area contributed by atoms with Crippen molar-refractivity contribution in [3.8, 4) is 5.75 Å². The van der Waals surface area contributed by atoms with Crippen LogP contribution in [0.2, 0.25) is 5.02 Å². The van der Waals surface area contributed by atoms with Gasteiger partial charge in [0.25, 0.3) is 0 Å². The summed E-state index contributed by atoms with van der Waals surface area (Å²) in [5.41, 5.74) is 0.961. The number of rotatable bonds is 4. The normalized spacial score (nSPS) is 12.6. The molecule has 0 amide bonds. The minimum absolute atomic E-state index is 0.220. The number of nitrogens with one attached hydrogen (secondary N) is 1. The van der Waals surface area contributed by atoms with Gasteiger partial charge in [-0.2, -0.15) is 0 Å². The van der Waals surface area contributed by atoms with Crippen LogP contribution in [0, 0.1) is 6.92 Å². The van der Waals surface area contributed by atoms with Crippen molar-refractivity contribution in [3.63, 3.8) is 0 Å². The van der Waals surface area contributed by atoms with Crippen molar-refractivity contribution >= 4 is 11.6 Å². The Morgan fingerprint density at radius 1 is 1.57 bits per heavy atom. The van der Waals surface area contributed by atoms with E-state index in [0.29, 0.717) is 10.8 Å². The van der Waals surface area contributed by atoms with Crippen molar-refractivity contribution in [2.24, 2.45) is 0 Å². The van der Waals surface area contributed by atoms with E-state index in [2.05, 4.69) is 5.32 Å². The van der Waals surface area contributed by atoms with Gasteiger partial charge in [0.2, 0.25) is 0 Å². The largest absolute Gasteiger partial charge is 0.489 e. The van der Waals surface area contributed by atoms with E-state index in [1.807, 2.05) is 13.0 Å². The summed E-state index contributed by atoms with van der Waals surface area (Å²) in [6.45, 7) is 2.13. The van der Waals surface area contributed by atoms with Crippen molar-refractivity contribution in [2.45, 2.75) is 13.2 Å². The molecule has 3 nitrogen and oxygen atoms in total. The van der Waals surface area contributed by atoms with Crippen molar-refractivity contribution in [3.05, 3.63) is 28.8 Å². The Labute approximate surface area is 88.7 Å². The molecular weight excluding hydrogens is 202 g/mol. The molecule has 1 aromatic rings. The lowest BCUT2D eigenvalue weighted by atomic mass is 10.2. The first-order chi connectivity index (χ1) is 6.63. The molecule has 0 fully saturated rings. The average molecular weight is 216 g/mol. The van der Waals surface area contributed by atoms with E-state index in [-0.39, 0.29) is 6.61 Å². The lowest BCUT2D eigenvalue weighted by Crippen LogP contribution is -2.30. The number of hydrogen-bond donors (Lipinski definition) is 2. The molecule has 78 valence electrons. The molecule has 0 aliphatic carbocycles. The van der Waals surface area contributed by atoms with E-state index in [9.17, 15) is 5.11 Å². The van der Waals surface area contributed by atoms with Gasteiger partial charge in [0.15, 0.2) is 0 Å². The van der Waals surface area contributed by atoms with Crippen LogP contribution in [-0.4, -0.2) is 25.0 Å². The lowest BCUT2D eigenvalue weighted by molar-refractivity contribution is 0.0859. The van der Waals surface area contributed by atoms with Crippen LogP contribution in [0.15, 0.2) is 18.2 Å². The van der Waals surface area contributed by atoms with Gasteiger partial charge in [0.05, 0.1) is 0 Å². The third kappa shape index (κ3) is 3.18.